The average Bonchev–Trinajstić information content (AvgIpc) is 2.61. The predicted octanol–water partition coefficient (Wildman–Crippen LogP) is 1.12. The summed E-state index contributed by atoms with van der Waals surface area (Å²) in [6.07, 6.45) is 1.70. The maximum Gasteiger partial charge on any atom is 0.268 e. The lowest BCUT2D eigenvalue weighted by Gasteiger charge is -1.96. The van der Waals surface area contributed by atoms with Crippen LogP contribution < -0.4 is 0 Å². The molecule has 0 amide bonds. The van der Waals surface area contributed by atoms with Crippen LogP contribution in [0.4, 0.5) is 0 Å². The highest BCUT2D eigenvalue weighted by Gasteiger charge is 2.11. The number of rotatable bonds is 0. The van der Waals surface area contributed by atoms with Gasteiger partial charge in [-0.15, -0.1) is 5.10 Å². The summed E-state index contributed by atoms with van der Waals surface area (Å²) in [7, 11) is 0. The zero-order valence-electron chi connectivity index (χ0n) is 6.51. The Morgan fingerprint density at radius 1 is 1.23 bits per heavy atom. The summed E-state index contributed by atoms with van der Waals surface area (Å²) in [5, 5.41) is 11.0. The van der Waals surface area contributed by atoms with E-state index in [0.717, 1.165) is 5.52 Å². The minimum atomic E-state index is 0.445. The summed E-state index contributed by atoms with van der Waals surface area (Å²) in [5.41, 5.74) is 2.08. The van der Waals surface area contributed by atoms with Crippen LogP contribution in [0.3, 0.4) is 0 Å². The SMILES string of the molecule is c1cnc2cc3nnnc-3oc2c1. The molecule has 0 bridgehead atoms. The number of hydrogen-bond donors (Lipinski definition) is 0. The summed E-state index contributed by atoms with van der Waals surface area (Å²) in [5.74, 6) is 0.445. The second-order valence-corrected chi connectivity index (χ2v) is 2.61. The summed E-state index contributed by atoms with van der Waals surface area (Å²) in [4.78, 5) is 4.12. The van der Waals surface area contributed by atoms with E-state index in [0.29, 0.717) is 17.2 Å². The quantitative estimate of drug-likeness (QED) is 0.508. The molecule has 62 valence electrons. The molecule has 5 heteroatoms. The zero-order valence-corrected chi connectivity index (χ0v) is 6.51. The largest absolute Gasteiger partial charge is 0.434 e. The molecule has 0 fully saturated rings. The molecule has 1 aromatic rings. The first-order valence-corrected chi connectivity index (χ1v) is 3.77. The Morgan fingerprint density at radius 2 is 2.23 bits per heavy atom. The molecule has 0 N–H and O–H groups in total. The maximum absolute atomic E-state index is 5.39. The van der Waals surface area contributed by atoms with Gasteiger partial charge in [0.2, 0.25) is 0 Å². The van der Waals surface area contributed by atoms with Gasteiger partial charge in [0.15, 0.2) is 11.3 Å². The Balaban J connectivity index is 2.52. The van der Waals surface area contributed by atoms with E-state index in [-0.39, 0.29) is 0 Å². The summed E-state index contributed by atoms with van der Waals surface area (Å²) >= 11 is 0. The molecular formula is C8H4N4O. The van der Waals surface area contributed by atoms with Gasteiger partial charge in [0.05, 0.1) is 0 Å². The molecule has 0 saturated heterocycles. The van der Waals surface area contributed by atoms with Gasteiger partial charge >= 0.3 is 0 Å². The molecule has 0 aromatic carbocycles. The standard InChI is InChI=1S/C8H4N4O/c1-2-7-5(9-3-1)4-6-8(13-7)11-12-10-6/h1-4H. The van der Waals surface area contributed by atoms with E-state index in [1.54, 1.807) is 12.3 Å². The topological polar surface area (TPSA) is 64.7 Å². The molecule has 0 aliphatic carbocycles. The van der Waals surface area contributed by atoms with E-state index in [1.165, 1.54) is 0 Å². The first-order valence-electron chi connectivity index (χ1n) is 3.77. The van der Waals surface area contributed by atoms with Crippen molar-refractivity contribution in [3.63, 3.8) is 0 Å². The highest BCUT2D eigenvalue weighted by molar-refractivity contribution is 5.76. The fraction of sp³-hybridized carbons (Fsp3) is 0. The van der Waals surface area contributed by atoms with Crippen molar-refractivity contribution in [1.29, 1.82) is 0 Å². The molecule has 2 aliphatic heterocycles. The monoisotopic (exact) mass is 172 g/mol. The van der Waals surface area contributed by atoms with E-state index in [9.17, 15) is 0 Å². The molecule has 3 rings (SSSR count). The maximum atomic E-state index is 5.39. The number of pyridine rings is 1. The van der Waals surface area contributed by atoms with Crippen LogP contribution in [0.25, 0.3) is 22.7 Å². The third kappa shape index (κ3) is 0.868. The van der Waals surface area contributed by atoms with Crippen molar-refractivity contribution in [2.45, 2.75) is 0 Å². The Kier molecular flexibility index (Phi) is 1.11. The number of nitrogens with zero attached hydrogens (tertiary/aromatic N) is 4. The highest BCUT2D eigenvalue weighted by Crippen LogP contribution is 2.21. The Hall–Kier alpha value is -2.04. The minimum absolute atomic E-state index is 0.445. The van der Waals surface area contributed by atoms with Crippen LogP contribution in [-0.4, -0.2) is 20.4 Å². The van der Waals surface area contributed by atoms with E-state index in [1.807, 2.05) is 12.1 Å². The van der Waals surface area contributed by atoms with Gasteiger partial charge in [-0.25, -0.2) is 0 Å². The van der Waals surface area contributed by atoms with Gasteiger partial charge in [0.1, 0.15) is 5.52 Å². The van der Waals surface area contributed by atoms with E-state index < -0.39 is 0 Å². The smallest absolute Gasteiger partial charge is 0.268 e. The third-order valence-electron chi connectivity index (χ3n) is 1.79. The second kappa shape index (κ2) is 2.22. The average molecular weight is 172 g/mol. The fourth-order valence-electron chi connectivity index (χ4n) is 1.20. The van der Waals surface area contributed by atoms with Crippen LogP contribution in [-0.2, 0) is 0 Å². The van der Waals surface area contributed by atoms with Crippen LogP contribution >= 0.6 is 0 Å². The number of hydrogen-bond acceptors (Lipinski definition) is 5. The van der Waals surface area contributed by atoms with Crippen LogP contribution in [0.15, 0.2) is 28.8 Å². The van der Waals surface area contributed by atoms with Crippen molar-refractivity contribution < 1.29 is 4.42 Å². The summed E-state index contributed by atoms with van der Waals surface area (Å²) in [6, 6.07) is 5.44. The summed E-state index contributed by atoms with van der Waals surface area (Å²) < 4.78 is 5.39. The van der Waals surface area contributed by atoms with Gasteiger partial charge in [0.25, 0.3) is 5.89 Å². The first-order chi connectivity index (χ1) is 6.43. The second-order valence-electron chi connectivity index (χ2n) is 2.61. The van der Waals surface area contributed by atoms with E-state index >= 15 is 0 Å². The molecule has 3 heterocycles. The molecule has 0 saturated carbocycles. The molecule has 0 unspecified atom stereocenters. The molecular weight excluding hydrogens is 168 g/mol. The van der Waals surface area contributed by atoms with Crippen LogP contribution in [0.5, 0.6) is 0 Å². The van der Waals surface area contributed by atoms with Crippen LogP contribution in [0.2, 0.25) is 0 Å². The van der Waals surface area contributed by atoms with Crippen LogP contribution in [0, 0.1) is 0 Å². The van der Waals surface area contributed by atoms with Crippen molar-refractivity contribution >= 4 is 11.1 Å². The van der Waals surface area contributed by atoms with Gasteiger partial charge in [-0.2, -0.15) is 0 Å². The minimum Gasteiger partial charge on any atom is -0.434 e. The van der Waals surface area contributed by atoms with Crippen LogP contribution in [0.1, 0.15) is 0 Å². The van der Waals surface area contributed by atoms with E-state index in [2.05, 4.69) is 20.4 Å². The lowest BCUT2D eigenvalue weighted by molar-refractivity contribution is 0.596. The van der Waals surface area contributed by atoms with Crippen molar-refractivity contribution in [1.82, 2.24) is 20.4 Å². The lowest BCUT2D eigenvalue weighted by atomic mass is 10.3. The molecule has 0 spiro atoms. The Morgan fingerprint density at radius 3 is 3.23 bits per heavy atom. The normalized spacial score (nSPS) is 11.1. The predicted molar refractivity (Wildman–Crippen MR) is 44.0 cm³/mol. The van der Waals surface area contributed by atoms with Gasteiger partial charge in [-0.05, 0) is 17.3 Å². The Labute approximate surface area is 72.8 Å². The molecule has 2 aliphatic rings. The van der Waals surface area contributed by atoms with Gasteiger partial charge < -0.3 is 4.42 Å². The molecule has 1 aromatic heterocycles. The van der Waals surface area contributed by atoms with Gasteiger partial charge in [-0.3, -0.25) is 4.98 Å². The highest BCUT2D eigenvalue weighted by atomic mass is 16.3. The molecule has 13 heavy (non-hydrogen) atoms. The van der Waals surface area contributed by atoms with Crippen molar-refractivity contribution in [3.8, 4) is 11.6 Å². The summed E-state index contributed by atoms with van der Waals surface area (Å²) in [6.45, 7) is 0. The number of aromatic nitrogens is 4. The van der Waals surface area contributed by atoms with Gasteiger partial charge in [-0.1, -0.05) is 5.10 Å². The van der Waals surface area contributed by atoms with Gasteiger partial charge in [0, 0.05) is 12.3 Å². The third-order valence-corrected chi connectivity index (χ3v) is 1.79. The van der Waals surface area contributed by atoms with Crippen molar-refractivity contribution in [2.75, 3.05) is 0 Å². The Bertz CT molecular complexity index is 486. The van der Waals surface area contributed by atoms with E-state index in [4.69, 9.17) is 4.42 Å². The molecule has 5 nitrogen and oxygen atoms in total. The number of fused-ring (bicyclic) bond motifs is 2. The van der Waals surface area contributed by atoms with Crippen molar-refractivity contribution in [3.05, 3.63) is 24.4 Å². The fourth-order valence-corrected chi connectivity index (χ4v) is 1.20. The molecule has 0 radical (unpaired) electrons. The zero-order chi connectivity index (χ0) is 8.67. The molecule has 0 atom stereocenters. The lowest BCUT2D eigenvalue weighted by Crippen LogP contribution is -1.82. The first kappa shape index (κ1) is 6.47. The van der Waals surface area contributed by atoms with Crippen molar-refractivity contribution in [2.24, 2.45) is 0 Å².